The van der Waals surface area contributed by atoms with Crippen molar-refractivity contribution >= 4 is 17.5 Å². The molecule has 0 N–H and O–H groups in total. The van der Waals surface area contributed by atoms with Crippen molar-refractivity contribution in [3.63, 3.8) is 0 Å². The maximum atomic E-state index is 12.2. The number of nitrogens with zero attached hydrogens (tertiary/aromatic N) is 2. The Labute approximate surface area is 119 Å². The summed E-state index contributed by atoms with van der Waals surface area (Å²) in [5.74, 6) is 0.195. The first-order valence-corrected chi connectivity index (χ1v) is 6.92. The predicted molar refractivity (Wildman–Crippen MR) is 78.4 cm³/mol. The van der Waals surface area contributed by atoms with Crippen LogP contribution in [0, 0.1) is 0 Å². The zero-order chi connectivity index (χ0) is 13.7. The van der Waals surface area contributed by atoms with E-state index in [1.165, 1.54) is 0 Å². The lowest BCUT2D eigenvalue weighted by molar-refractivity contribution is -0.132. The average Bonchev–Trinajstić information content (AvgIpc) is 2.42. The Morgan fingerprint density at radius 2 is 1.84 bits per heavy atom. The van der Waals surface area contributed by atoms with Crippen LogP contribution in [0.15, 0.2) is 36.9 Å². The number of rotatable bonds is 4. The van der Waals surface area contributed by atoms with Crippen molar-refractivity contribution in [2.45, 2.75) is 6.42 Å². The summed E-state index contributed by atoms with van der Waals surface area (Å²) in [6.45, 7) is 8.11. The molecule has 1 saturated heterocycles. The molecule has 1 aromatic rings. The zero-order valence-corrected chi connectivity index (χ0v) is 11.8. The van der Waals surface area contributed by atoms with E-state index in [-0.39, 0.29) is 5.91 Å². The van der Waals surface area contributed by atoms with Crippen LogP contribution in [-0.2, 0) is 11.2 Å². The van der Waals surface area contributed by atoms with E-state index >= 15 is 0 Å². The SMILES string of the molecule is C=CCN1CCN(C(=O)Cc2ccc(Cl)cc2)CC1. The van der Waals surface area contributed by atoms with E-state index in [4.69, 9.17) is 11.6 Å². The van der Waals surface area contributed by atoms with Gasteiger partial charge in [-0.2, -0.15) is 0 Å². The summed E-state index contributed by atoms with van der Waals surface area (Å²) in [5.41, 5.74) is 1.02. The van der Waals surface area contributed by atoms with Crippen LogP contribution < -0.4 is 0 Å². The topological polar surface area (TPSA) is 23.6 Å². The van der Waals surface area contributed by atoms with Crippen LogP contribution >= 0.6 is 11.6 Å². The lowest BCUT2D eigenvalue weighted by Gasteiger charge is -2.34. The van der Waals surface area contributed by atoms with Gasteiger partial charge in [-0.3, -0.25) is 9.69 Å². The quantitative estimate of drug-likeness (QED) is 0.789. The Morgan fingerprint density at radius 3 is 2.42 bits per heavy atom. The maximum absolute atomic E-state index is 12.2. The molecule has 1 aliphatic heterocycles. The highest BCUT2D eigenvalue weighted by Crippen LogP contribution is 2.11. The minimum atomic E-state index is 0.195. The molecule has 1 heterocycles. The first kappa shape index (κ1) is 14.1. The summed E-state index contributed by atoms with van der Waals surface area (Å²) >= 11 is 5.83. The van der Waals surface area contributed by atoms with Gasteiger partial charge >= 0.3 is 0 Å². The molecular formula is C15H19ClN2O. The Morgan fingerprint density at radius 1 is 1.21 bits per heavy atom. The molecule has 102 valence electrons. The van der Waals surface area contributed by atoms with Gasteiger partial charge in [-0.1, -0.05) is 29.8 Å². The van der Waals surface area contributed by atoms with Gasteiger partial charge in [-0.25, -0.2) is 0 Å². The van der Waals surface area contributed by atoms with Gasteiger partial charge in [-0.05, 0) is 17.7 Å². The number of carbonyl (C=O) groups is 1. The highest BCUT2D eigenvalue weighted by molar-refractivity contribution is 6.30. The molecule has 1 amide bonds. The van der Waals surface area contributed by atoms with Crippen molar-refractivity contribution in [3.05, 3.63) is 47.5 Å². The van der Waals surface area contributed by atoms with Crippen molar-refractivity contribution in [2.75, 3.05) is 32.7 Å². The summed E-state index contributed by atoms with van der Waals surface area (Å²) in [4.78, 5) is 16.4. The maximum Gasteiger partial charge on any atom is 0.227 e. The van der Waals surface area contributed by atoms with Crippen molar-refractivity contribution in [1.82, 2.24) is 9.80 Å². The second kappa shape index (κ2) is 6.73. The van der Waals surface area contributed by atoms with Gasteiger partial charge in [0.1, 0.15) is 0 Å². The molecule has 1 aromatic carbocycles. The van der Waals surface area contributed by atoms with Crippen LogP contribution in [0.1, 0.15) is 5.56 Å². The Kier molecular flexibility index (Phi) is 5.00. The largest absolute Gasteiger partial charge is 0.340 e. The van der Waals surface area contributed by atoms with E-state index in [2.05, 4.69) is 11.5 Å². The van der Waals surface area contributed by atoms with Gasteiger partial charge in [0.2, 0.25) is 5.91 Å². The molecule has 1 fully saturated rings. The van der Waals surface area contributed by atoms with Crippen molar-refractivity contribution < 1.29 is 4.79 Å². The molecule has 0 spiro atoms. The number of amides is 1. The van der Waals surface area contributed by atoms with E-state index < -0.39 is 0 Å². The molecular weight excluding hydrogens is 260 g/mol. The fourth-order valence-corrected chi connectivity index (χ4v) is 2.38. The van der Waals surface area contributed by atoms with Crippen molar-refractivity contribution in [1.29, 1.82) is 0 Å². The van der Waals surface area contributed by atoms with E-state index in [0.717, 1.165) is 38.3 Å². The summed E-state index contributed by atoms with van der Waals surface area (Å²) in [6.07, 6.45) is 2.36. The molecule has 0 saturated carbocycles. The monoisotopic (exact) mass is 278 g/mol. The molecule has 0 unspecified atom stereocenters. The average molecular weight is 279 g/mol. The second-order valence-corrected chi connectivity index (χ2v) is 5.21. The van der Waals surface area contributed by atoms with Gasteiger partial charge in [0, 0.05) is 37.7 Å². The minimum absolute atomic E-state index is 0.195. The molecule has 19 heavy (non-hydrogen) atoms. The van der Waals surface area contributed by atoms with Crippen LogP contribution in [0.4, 0.5) is 0 Å². The Balaban J connectivity index is 1.84. The third kappa shape index (κ3) is 4.08. The van der Waals surface area contributed by atoms with E-state index in [0.29, 0.717) is 11.4 Å². The second-order valence-electron chi connectivity index (χ2n) is 4.77. The van der Waals surface area contributed by atoms with E-state index in [1.54, 1.807) is 0 Å². The van der Waals surface area contributed by atoms with Crippen LogP contribution in [-0.4, -0.2) is 48.4 Å². The Hall–Kier alpha value is -1.32. The number of halogens is 1. The molecule has 0 atom stereocenters. The summed E-state index contributed by atoms with van der Waals surface area (Å²) < 4.78 is 0. The number of hydrogen-bond donors (Lipinski definition) is 0. The fourth-order valence-electron chi connectivity index (χ4n) is 2.25. The van der Waals surface area contributed by atoms with Crippen LogP contribution in [0.5, 0.6) is 0 Å². The van der Waals surface area contributed by atoms with Gasteiger partial charge in [0.25, 0.3) is 0 Å². The standard InChI is InChI=1S/C15H19ClN2O/c1-2-7-17-8-10-18(11-9-17)15(19)12-13-3-5-14(16)6-4-13/h2-6H,1,7-12H2. The van der Waals surface area contributed by atoms with Crippen LogP contribution in [0.25, 0.3) is 0 Å². The lowest BCUT2D eigenvalue weighted by Crippen LogP contribution is -2.49. The van der Waals surface area contributed by atoms with Gasteiger partial charge in [0.05, 0.1) is 6.42 Å². The van der Waals surface area contributed by atoms with E-state index in [1.807, 2.05) is 35.2 Å². The zero-order valence-electron chi connectivity index (χ0n) is 11.0. The van der Waals surface area contributed by atoms with Crippen LogP contribution in [0.3, 0.4) is 0 Å². The molecule has 0 radical (unpaired) electrons. The summed E-state index contributed by atoms with van der Waals surface area (Å²) in [6, 6.07) is 7.47. The molecule has 3 nitrogen and oxygen atoms in total. The van der Waals surface area contributed by atoms with Crippen LogP contribution in [0.2, 0.25) is 5.02 Å². The fraction of sp³-hybridized carbons (Fsp3) is 0.400. The number of hydrogen-bond acceptors (Lipinski definition) is 2. The smallest absolute Gasteiger partial charge is 0.227 e. The molecule has 0 bridgehead atoms. The van der Waals surface area contributed by atoms with Gasteiger partial charge in [-0.15, -0.1) is 6.58 Å². The summed E-state index contributed by atoms with van der Waals surface area (Å²) in [5, 5.41) is 0.703. The molecule has 4 heteroatoms. The minimum Gasteiger partial charge on any atom is -0.340 e. The molecule has 1 aliphatic rings. The highest BCUT2D eigenvalue weighted by atomic mass is 35.5. The normalized spacial score (nSPS) is 16.4. The summed E-state index contributed by atoms with van der Waals surface area (Å²) in [7, 11) is 0. The highest BCUT2D eigenvalue weighted by Gasteiger charge is 2.20. The molecule has 0 aromatic heterocycles. The first-order valence-electron chi connectivity index (χ1n) is 6.54. The predicted octanol–water partition coefficient (Wildman–Crippen LogP) is 2.21. The van der Waals surface area contributed by atoms with Crippen molar-refractivity contribution in [2.24, 2.45) is 0 Å². The third-order valence-electron chi connectivity index (χ3n) is 3.38. The number of carbonyl (C=O) groups excluding carboxylic acids is 1. The van der Waals surface area contributed by atoms with Crippen molar-refractivity contribution in [3.8, 4) is 0 Å². The number of piperazine rings is 1. The Bertz CT molecular complexity index is 436. The van der Waals surface area contributed by atoms with Gasteiger partial charge < -0.3 is 4.90 Å². The molecule has 0 aliphatic carbocycles. The number of benzene rings is 1. The third-order valence-corrected chi connectivity index (χ3v) is 3.63. The van der Waals surface area contributed by atoms with Gasteiger partial charge in [0.15, 0.2) is 0 Å². The first-order chi connectivity index (χ1) is 9.19. The van der Waals surface area contributed by atoms with E-state index in [9.17, 15) is 4.79 Å². The molecule has 2 rings (SSSR count). The lowest BCUT2D eigenvalue weighted by atomic mass is 10.1.